The van der Waals surface area contributed by atoms with Gasteiger partial charge < -0.3 is 9.64 Å². The molecule has 2 rings (SSSR count). The molecule has 4 heteroatoms. The molecule has 0 atom stereocenters. The third-order valence-corrected chi connectivity index (χ3v) is 2.80. The van der Waals surface area contributed by atoms with Gasteiger partial charge in [0.1, 0.15) is 5.75 Å². The topological polar surface area (TPSA) is 53.3 Å². The van der Waals surface area contributed by atoms with E-state index in [1.165, 1.54) is 5.56 Å². The number of carbonyl (C=O) groups is 1. The molecular weight excluding hydrogens is 216 g/mol. The molecule has 4 nitrogen and oxygen atoms in total. The molecule has 0 bridgehead atoms. The van der Waals surface area contributed by atoms with E-state index in [9.17, 15) is 4.79 Å². The number of likely N-dealkylation sites (N-methyl/N-ethyl adjacent to an activating group) is 1. The van der Waals surface area contributed by atoms with Crippen molar-refractivity contribution >= 4 is 11.5 Å². The SMILES string of the molecule is CN(CC(=O)CC#N)c1ccc2c(c1)CCO2. The van der Waals surface area contributed by atoms with Crippen LogP contribution in [-0.4, -0.2) is 26.0 Å². The van der Waals surface area contributed by atoms with Crippen LogP contribution < -0.4 is 9.64 Å². The zero-order valence-corrected chi connectivity index (χ0v) is 9.77. The second kappa shape index (κ2) is 4.88. The molecule has 1 aliphatic heterocycles. The number of ketones is 1. The molecule has 0 fully saturated rings. The standard InChI is InChI=1S/C13H14N2O2/c1-15(9-12(16)4-6-14)11-2-3-13-10(8-11)5-7-17-13/h2-3,8H,4-5,7,9H2,1H3. The summed E-state index contributed by atoms with van der Waals surface area (Å²) in [5.41, 5.74) is 2.17. The van der Waals surface area contributed by atoms with Gasteiger partial charge in [0.05, 0.1) is 25.6 Å². The minimum atomic E-state index is -0.0632. The smallest absolute Gasteiger partial charge is 0.166 e. The van der Waals surface area contributed by atoms with Crippen LogP contribution in [0.4, 0.5) is 5.69 Å². The maximum absolute atomic E-state index is 11.4. The van der Waals surface area contributed by atoms with E-state index in [0.29, 0.717) is 0 Å². The van der Waals surface area contributed by atoms with Crippen LogP contribution in [0, 0.1) is 11.3 Å². The van der Waals surface area contributed by atoms with Crippen molar-refractivity contribution in [3.8, 4) is 11.8 Å². The number of benzene rings is 1. The molecule has 1 aliphatic rings. The summed E-state index contributed by atoms with van der Waals surface area (Å²) in [5, 5.41) is 8.44. The highest BCUT2D eigenvalue weighted by Gasteiger charge is 2.14. The number of fused-ring (bicyclic) bond motifs is 1. The Labute approximate surface area is 100 Å². The molecular formula is C13H14N2O2. The lowest BCUT2D eigenvalue weighted by molar-refractivity contribution is -0.116. The van der Waals surface area contributed by atoms with E-state index in [0.717, 1.165) is 24.5 Å². The third-order valence-electron chi connectivity index (χ3n) is 2.80. The normalized spacial score (nSPS) is 12.5. The van der Waals surface area contributed by atoms with E-state index in [1.54, 1.807) is 0 Å². The molecule has 0 aliphatic carbocycles. The lowest BCUT2D eigenvalue weighted by Crippen LogP contribution is -2.25. The van der Waals surface area contributed by atoms with Crippen molar-refractivity contribution in [3.63, 3.8) is 0 Å². The van der Waals surface area contributed by atoms with Crippen LogP contribution in [0.2, 0.25) is 0 Å². The molecule has 88 valence electrons. The van der Waals surface area contributed by atoms with Gasteiger partial charge in [-0.25, -0.2) is 0 Å². The highest BCUT2D eigenvalue weighted by molar-refractivity contribution is 5.85. The van der Waals surface area contributed by atoms with Gasteiger partial charge >= 0.3 is 0 Å². The van der Waals surface area contributed by atoms with Gasteiger partial charge in [-0.1, -0.05) is 0 Å². The van der Waals surface area contributed by atoms with E-state index in [4.69, 9.17) is 10.00 Å². The van der Waals surface area contributed by atoms with E-state index in [2.05, 4.69) is 0 Å². The summed E-state index contributed by atoms with van der Waals surface area (Å²) in [6.45, 7) is 1.00. The van der Waals surface area contributed by atoms with E-state index in [1.807, 2.05) is 36.2 Å². The van der Waals surface area contributed by atoms with Gasteiger partial charge in [-0.3, -0.25) is 4.79 Å². The maximum atomic E-state index is 11.4. The first-order chi connectivity index (χ1) is 8.20. The van der Waals surface area contributed by atoms with Crippen molar-refractivity contribution in [2.45, 2.75) is 12.8 Å². The average Bonchev–Trinajstić information content (AvgIpc) is 2.75. The Morgan fingerprint density at radius 2 is 2.41 bits per heavy atom. The molecule has 0 aromatic heterocycles. The van der Waals surface area contributed by atoms with Gasteiger partial charge in [0.15, 0.2) is 5.78 Å². The van der Waals surface area contributed by atoms with Crippen LogP contribution >= 0.6 is 0 Å². The number of Topliss-reactive ketones (excluding diaryl/α,β-unsaturated/α-hetero) is 1. The Morgan fingerprint density at radius 1 is 1.59 bits per heavy atom. The summed E-state index contributed by atoms with van der Waals surface area (Å²) in [7, 11) is 1.85. The number of anilines is 1. The van der Waals surface area contributed by atoms with E-state index in [-0.39, 0.29) is 18.7 Å². The molecule has 0 N–H and O–H groups in total. The van der Waals surface area contributed by atoms with Crippen molar-refractivity contribution in [1.29, 1.82) is 5.26 Å². The summed E-state index contributed by atoms with van der Waals surface area (Å²) in [4.78, 5) is 13.2. The third kappa shape index (κ3) is 2.56. The van der Waals surface area contributed by atoms with Gasteiger partial charge in [0, 0.05) is 19.2 Å². The van der Waals surface area contributed by atoms with Crippen LogP contribution in [0.15, 0.2) is 18.2 Å². The first-order valence-electron chi connectivity index (χ1n) is 5.56. The van der Waals surface area contributed by atoms with Crippen molar-refractivity contribution < 1.29 is 9.53 Å². The van der Waals surface area contributed by atoms with Crippen LogP contribution in [-0.2, 0) is 11.2 Å². The molecule has 0 spiro atoms. The number of hydrogen-bond acceptors (Lipinski definition) is 4. The molecule has 0 saturated carbocycles. The minimum absolute atomic E-state index is 0.0294. The molecule has 0 saturated heterocycles. The van der Waals surface area contributed by atoms with Crippen LogP contribution in [0.1, 0.15) is 12.0 Å². The highest BCUT2D eigenvalue weighted by atomic mass is 16.5. The summed E-state index contributed by atoms with van der Waals surface area (Å²) < 4.78 is 5.42. The molecule has 1 aromatic carbocycles. The lowest BCUT2D eigenvalue weighted by atomic mass is 10.1. The fraction of sp³-hybridized carbons (Fsp3) is 0.385. The maximum Gasteiger partial charge on any atom is 0.166 e. The predicted molar refractivity (Wildman–Crippen MR) is 64.1 cm³/mol. The molecule has 0 unspecified atom stereocenters. The monoisotopic (exact) mass is 230 g/mol. The second-order valence-electron chi connectivity index (χ2n) is 4.12. The quantitative estimate of drug-likeness (QED) is 0.787. The molecule has 0 amide bonds. The van der Waals surface area contributed by atoms with Gasteiger partial charge in [0.2, 0.25) is 0 Å². The largest absolute Gasteiger partial charge is 0.493 e. The molecule has 1 aromatic rings. The average molecular weight is 230 g/mol. The minimum Gasteiger partial charge on any atom is -0.493 e. The van der Waals surface area contributed by atoms with Crippen molar-refractivity contribution in [2.24, 2.45) is 0 Å². The number of ether oxygens (including phenoxy) is 1. The summed E-state index contributed by atoms with van der Waals surface area (Å²) in [5.74, 6) is 0.872. The zero-order chi connectivity index (χ0) is 12.3. The summed E-state index contributed by atoms with van der Waals surface area (Å²) >= 11 is 0. The molecule has 0 radical (unpaired) electrons. The highest BCUT2D eigenvalue weighted by Crippen LogP contribution is 2.29. The van der Waals surface area contributed by atoms with Crippen LogP contribution in [0.3, 0.4) is 0 Å². The molecule has 1 heterocycles. The van der Waals surface area contributed by atoms with E-state index < -0.39 is 0 Å². The van der Waals surface area contributed by atoms with Gasteiger partial charge in [-0.15, -0.1) is 0 Å². The van der Waals surface area contributed by atoms with Crippen molar-refractivity contribution in [1.82, 2.24) is 0 Å². The van der Waals surface area contributed by atoms with Crippen molar-refractivity contribution in [3.05, 3.63) is 23.8 Å². The van der Waals surface area contributed by atoms with Gasteiger partial charge in [0.25, 0.3) is 0 Å². The van der Waals surface area contributed by atoms with Crippen molar-refractivity contribution in [2.75, 3.05) is 25.1 Å². The van der Waals surface area contributed by atoms with Gasteiger partial charge in [-0.05, 0) is 23.8 Å². The fourth-order valence-corrected chi connectivity index (χ4v) is 1.91. The van der Waals surface area contributed by atoms with Crippen LogP contribution in [0.25, 0.3) is 0 Å². The predicted octanol–water partition coefficient (Wildman–Crippen LogP) is 1.54. The van der Waals surface area contributed by atoms with Gasteiger partial charge in [-0.2, -0.15) is 5.26 Å². The lowest BCUT2D eigenvalue weighted by Gasteiger charge is -2.18. The number of nitriles is 1. The van der Waals surface area contributed by atoms with E-state index >= 15 is 0 Å². The fourth-order valence-electron chi connectivity index (χ4n) is 1.91. The Kier molecular flexibility index (Phi) is 3.29. The summed E-state index contributed by atoms with van der Waals surface area (Å²) in [6, 6.07) is 7.78. The Bertz CT molecular complexity index is 477. The molecule has 17 heavy (non-hydrogen) atoms. The summed E-state index contributed by atoms with van der Waals surface area (Å²) in [6.07, 6.45) is 0.890. The first kappa shape index (κ1) is 11.5. The Hall–Kier alpha value is -2.02. The first-order valence-corrected chi connectivity index (χ1v) is 5.56. The Balaban J connectivity index is 2.07. The number of hydrogen-bond donors (Lipinski definition) is 0. The number of carbonyl (C=O) groups excluding carboxylic acids is 1. The Morgan fingerprint density at radius 3 is 3.18 bits per heavy atom. The second-order valence-corrected chi connectivity index (χ2v) is 4.12. The number of rotatable bonds is 4. The van der Waals surface area contributed by atoms with Crippen LogP contribution in [0.5, 0.6) is 5.75 Å². The number of nitrogens with zero attached hydrogens (tertiary/aromatic N) is 2. The zero-order valence-electron chi connectivity index (χ0n) is 9.77.